The molecule has 1 fully saturated rings. The van der Waals surface area contributed by atoms with Crippen molar-refractivity contribution in [2.24, 2.45) is 11.7 Å². The van der Waals surface area contributed by atoms with Gasteiger partial charge in [0.25, 0.3) is 0 Å². The Balaban J connectivity index is 2.02. The molecule has 90 valence electrons. The molecule has 1 aliphatic heterocycles. The number of rotatable bonds is 2. The van der Waals surface area contributed by atoms with Crippen molar-refractivity contribution in [3.63, 3.8) is 0 Å². The number of thiazole rings is 1. The van der Waals surface area contributed by atoms with Crippen LogP contribution in [-0.4, -0.2) is 29.0 Å². The van der Waals surface area contributed by atoms with Crippen LogP contribution in [0, 0.1) is 12.8 Å². The van der Waals surface area contributed by atoms with Gasteiger partial charge in [0, 0.05) is 30.2 Å². The van der Waals surface area contributed by atoms with E-state index in [4.69, 9.17) is 5.73 Å². The lowest BCUT2D eigenvalue weighted by atomic mass is 9.94. The first-order valence-electron chi connectivity index (χ1n) is 6.00. The third-order valence-electron chi connectivity index (χ3n) is 3.55. The SMILES string of the molecule is Cc1cnc(C(C)N2CCC(N)C(C)C2)s1. The number of piperidine rings is 1. The molecule has 3 nitrogen and oxygen atoms in total. The van der Waals surface area contributed by atoms with E-state index in [0.29, 0.717) is 18.0 Å². The third kappa shape index (κ3) is 2.44. The minimum atomic E-state index is 0.376. The second-order valence-electron chi connectivity index (χ2n) is 4.91. The van der Waals surface area contributed by atoms with Gasteiger partial charge in [0.05, 0.1) is 6.04 Å². The van der Waals surface area contributed by atoms with Crippen LogP contribution in [0.25, 0.3) is 0 Å². The van der Waals surface area contributed by atoms with Gasteiger partial charge in [-0.3, -0.25) is 4.90 Å². The molecule has 3 atom stereocenters. The monoisotopic (exact) mass is 239 g/mol. The smallest absolute Gasteiger partial charge is 0.110 e. The zero-order chi connectivity index (χ0) is 11.7. The van der Waals surface area contributed by atoms with E-state index in [9.17, 15) is 0 Å². The number of nitrogens with two attached hydrogens (primary N) is 1. The highest BCUT2D eigenvalue weighted by molar-refractivity contribution is 7.11. The lowest BCUT2D eigenvalue weighted by molar-refractivity contribution is 0.124. The van der Waals surface area contributed by atoms with Crippen molar-refractivity contribution in [2.45, 2.75) is 39.3 Å². The van der Waals surface area contributed by atoms with E-state index in [1.807, 2.05) is 17.5 Å². The van der Waals surface area contributed by atoms with Crippen LogP contribution in [0.3, 0.4) is 0 Å². The summed E-state index contributed by atoms with van der Waals surface area (Å²) in [5, 5.41) is 1.24. The molecule has 0 radical (unpaired) electrons. The van der Waals surface area contributed by atoms with E-state index in [0.717, 1.165) is 19.5 Å². The largest absolute Gasteiger partial charge is 0.327 e. The molecule has 0 bridgehead atoms. The molecule has 1 saturated heterocycles. The van der Waals surface area contributed by atoms with Crippen molar-refractivity contribution >= 4 is 11.3 Å². The fourth-order valence-electron chi connectivity index (χ4n) is 2.27. The second kappa shape index (κ2) is 4.82. The van der Waals surface area contributed by atoms with Crippen molar-refractivity contribution in [3.8, 4) is 0 Å². The first kappa shape index (κ1) is 12.0. The summed E-state index contributed by atoms with van der Waals surface area (Å²) in [5.41, 5.74) is 6.04. The highest BCUT2D eigenvalue weighted by Gasteiger charge is 2.27. The molecule has 3 unspecified atom stereocenters. The summed E-state index contributed by atoms with van der Waals surface area (Å²) in [6, 6.07) is 0.815. The Hall–Kier alpha value is -0.450. The van der Waals surface area contributed by atoms with Gasteiger partial charge in [0.15, 0.2) is 0 Å². The van der Waals surface area contributed by atoms with Gasteiger partial charge in [-0.05, 0) is 26.2 Å². The summed E-state index contributed by atoms with van der Waals surface area (Å²) in [7, 11) is 0. The normalized spacial score (nSPS) is 29.2. The Morgan fingerprint density at radius 1 is 1.62 bits per heavy atom. The first-order chi connectivity index (χ1) is 7.58. The Kier molecular flexibility index (Phi) is 3.62. The molecule has 0 amide bonds. The van der Waals surface area contributed by atoms with Crippen LogP contribution in [0.4, 0.5) is 0 Å². The summed E-state index contributed by atoms with van der Waals surface area (Å²) in [6.45, 7) is 8.81. The average Bonchev–Trinajstić information content (AvgIpc) is 2.68. The van der Waals surface area contributed by atoms with Crippen LogP contribution in [0.1, 0.15) is 36.2 Å². The van der Waals surface area contributed by atoms with Crippen molar-refractivity contribution < 1.29 is 0 Å². The molecule has 1 aromatic heterocycles. The fraction of sp³-hybridized carbons (Fsp3) is 0.750. The highest BCUT2D eigenvalue weighted by Crippen LogP contribution is 2.28. The van der Waals surface area contributed by atoms with Crippen LogP contribution < -0.4 is 5.73 Å². The number of nitrogens with zero attached hydrogens (tertiary/aromatic N) is 2. The molecule has 1 aromatic rings. The Labute approximate surface area is 102 Å². The van der Waals surface area contributed by atoms with Gasteiger partial charge in [0.1, 0.15) is 5.01 Å². The Morgan fingerprint density at radius 2 is 2.38 bits per heavy atom. The van der Waals surface area contributed by atoms with E-state index in [1.165, 1.54) is 9.88 Å². The standard InChI is InChI=1S/C12H21N3S/c1-8-7-15(5-4-11(8)13)10(3)12-14-6-9(2)16-12/h6,8,10-11H,4-5,7,13H2,1-3H3. The molecule has 2 heterocycles. The maximum atomic E-state index is 6.04. The topological polar surface area (TPSA) is 42.2 Å². The molecule has 4 heteroatoms. The minimum Gasteiger partial charge on any atom is -0.327 e. The van der Waals surface area contributed by atoms with E-state index in [2.05, 4.69) is 30.7 Å². The van der Waals surface area contributed by atoms with Gasteiger partial charge >= 0.3 is 0 Å². The van der Waals surface area contributed by atoms with Gasteiger partial charge in [0.2, 0.25) is 0 Å². The van der Waals surface area contributed by atoms with Gasteiger partial charge in [-0.2, -0.15) is 0 Å². The predicted molar refractivity (Wildman–Crippen MR) is 68.6 cm³/mol. The second-order valence-corrected chi connectivity index (χ2v) is 6.18. The van der Waals surface area contributed by atoms with Crippen LogP contribution in [0.2, 0.25) is 0 Å². The molecule has 2 rings (SSSR count). The Morgan fingerprint density at radius 3 is 2.94 bits per heavy atom. The molecule has 1 aliphatic rings. The molecule has 0 aromatic carbocycles. The summed E-state index contributed by atoms with van der Waals surface area (Å²) in [4.78, 5) is 8.28. The zero-order valence-electron chi connectivity index (χ0n) is 10.3. The van der Waals surface area contributed by atoms with Crippen LogP contribution >= 0.6 is 11.3 Å². The molecule has 0 spiro atoms. The maximum Gasteiger partial charge on any atom is 0.110 e. The van der Waals surface area contributed by atoms with Gasteiger partial charge in [-0.1, -0.05) is 6.92 Å². The van der Waals surface area contributed by atoms with Crippen molar-refractivity contribution in [2.75, 3.05) is 13.1 Å². The van der Waals surface area contributed by atoms with Crippen LogP contribution in [0.15, 0.2) is 6.20 Å². The van der Waals surface area contributed by atoms with Crippen LogP contribution in [0.5, 0.6) is 0 Å². The van der Waals surface area contributed by atoms with Crippen molar-refractivity contribution in [1.29, 1.82) is 0 Å². The fourth-order valence-corrected chi connectivity index (χ4v) is 3.13. The highest BCUT2D eigenvalue weighted by atomic mass is 32.1. The first-order valence-corrected chi connectivity index (χ1v) is 6.81. The number of likely N-dealkylation sites (tertiary alicyclic amines) is 1. The summed E-state index contributed by atoms with van der Waals surface area (Å²) < 4.78 is 0. The van der Waals surface area contributed by atoms with E-state index in [-0.39, 0.29) is 0 Å². The lowest BCUT2D eigenvalue weighted by Crippen LogP contribution is -2.46. The van der Waals surface area contributed by atoms with Crippen molar-refractivity contribution in [3.05, 3.63) is 16.1 Å². The number of aryl methyl sites for hydroxylation is 1. The average molecular weight is 239 g/mol. The van der Waals surface area contributed by atoms with Gasteiger partial charge in [-0.25, -0.2) is 4.98 Å². The quantitative estimate of drug-likeness (QED) is 0.860. The molecule has 16 heavy (non-hydrogen) atoms. The number of hydrogen-bond acceptors (Lipinski definition) is 4. The summed E-state index contributed by atoms with van der Waals surface area (Å²) in [6.07, 6.45) is 3.07. The summed E-state index contributed by atoms with van der Waals surface area (Å²) in [5.74, 6) is 0.595. The number of hydrogen-bond donors (Lipinski definition) is 1. The molecular weight excluding hydrogens is 218 g/mol. The van der Waals surface area contributed by atoms with Crippen molar-refractivity contribution in [1.82, 2.24) is 9.88 Å². The predicted octanol–water partition coefficient (Wildman–Crippen LogP) is 2.18. The molecule has 0 saturated carbocycles. The molecule has 2 N–H and O–H groups in total. The van der Waals surface area contributed by atoms with Gasteiger partial charge < -0.3 is 5.73 Å². The van der Waals surface area contributed by atoms with Gasteiger partial charge in [-0.15, -0.1) is 11.3 Å². The third-order valence-corrected chi connectivity index (χ3v) is 4.63. The number of aromatic nitrogens is 1. The van der Waals surface area contributed by atoms with E-state index < -0.39 is 0 Å². The summed E-state index contributed by atoms with van der Waals surface area (Å²) >= 11 is 1.81. The minimum absolute atomic E-state index is 0.376. The van der Waals surface area contributed by atoms with E-state index in [1.54, 1.807) is 0 Å². The molecular formula is C12H21N3S. The maximum absolute atomic E-state index is 6.04. The molecule has 0 aliphatic carbocycles. The zero-order valence-corrected chi connectivity index (χ0v) is 11.1. The Bertz CT molecular complexity index is 350. The van der Waals surface area contributed by atoms with Crippen LogP contribution in [-0.2, 0) is 0 Å². The van der Waals surface area contributed by atoms with E-state index >= 15 is 0 Å². The lowest BCUT2D eigenvalue weighted by Gasteiger charge is -2.37.